The molecule has 0 aliphatic heterocycles. The quantitative estimate of drug-likeness (QED) is 0.736. The summed E-state index contributed by atoms with van der Waals surface area (Å²) in [4.78, 5) is 29.4. The second kappa shape index (κ2) is 8.26. The highest BCUT2D eigenvalue weighted by molar-refractivity contribution is 5.94. The minimum absolute atomic E-state index is 0.0423. The summed E-state index contributed by atoms with van der Waals surface area (Å²) in [6.45, 7) is 6.64. The first kappa shape index (κ1) is 17.7. The van der Waals surface area contributed by atoms with E-state index >= 15 is 0 Å². The Bertz CT molecular complexity index is 573. The van der Waals surface area contributed by atoms with E-state index in [1.165, 1.54) is 0 Å². The molecular formula is C17H27N3O3. The Morgan fingerprint density at radius 3 is 2.48 bits per heavy atom. The molecule has 128 valence electrons. The molecule has 2 rings (SSSR count). The number of carbonyl (C=O) groups is 1. The van der Waals surface area contributed by atoms with Gasteiger partial charge in [0, 0.05) is 18.3 Å². The van der Waals surface area contributed by atoms with Crippen LogP contribution in [0.1, 0.15) is 55.6 Å². The number of nitrogens with zero attached hydrogens (tertiary/aromatic N) is 1. The Labute approximate surface area is 136 Å². The molecule has 6 heteroatoms. The van der Waals surface area contributed by atoms with Crippen molar-refractivity contribution in [3.8, 4) is 0 Å². The zero-order valence-corrected chi connectivity index (χ0v) is 14.0. The van der Waals surface area contributed by atoms with E-state index in [0.29, 0.717) is 19.4 Å². The van der Waals surface area contributed by atoms with Crippen molar-refractivity contribution >= 4 is 5.91 Å². The SMILES string of the molecule is CCN(CC)Cc1ccc(C(=O)NC2CCC(O)CC2)c(=O)[nH]1. The van der Waals surface area contributed by atoms with E-state index in [0.717, 1.165) is 31.6 Å². The van der Waals surface area contributed by atoms with E-state index in [9.17, 15) is 14.7 Å². The van der Waals surface area contributed by atoms with Gasteiger partial charge in [0.15, 0.2) is 0 Å². The zero-order valence-electron chi connectivity index (χ0n) is 14.0. The van der Waals surface area contributed by atoms with Crippen LogP contribution in [0.5, 0.6) is 0 Å². The number of aliphatic hydroxyl groups is 1. The van der Waals surface area contributed by atoms with Gasteiger partial charge in [0.05, 0.1) is 6.10 Å². The Morgan fingerprint density at radius 2 is 1.91 bits per heavy atom. The van der Waals surface area contributed by atoms with Crippen LogP contribution in [0.25, 0.3) is 0 Å². The second-order valence-electron chi connectivity index (χ2n) is 6.17. The molecular weight excluding hydrogens is 294 g/mol. The van der Waals surface area contributed by atoms with Crippen molar-refractivity contribution in [2.24, 2.45) is 0 Å². The van der Waals surface area contributed by atoms with Crippen LogP contribution < -0.4 is 10.9 Å². The maximum atomic E-state index is 12.3. The third kappa shape index (κ3) is 4.91. The highest BCUT2D eigenvalue weighted by atomic mass is 16.3. The van der Waals surface area contributed by atoms with Crippen LogP contribution in [-0.2, 0) is 6.54 Å². The normalized spacial score (nSPS) is 21.4. The van der Waals surface area contributed by atoms with Gasteiger partial charge in [0.25, 0.3) is 11.5 Å². The van der Waals surface area contributed by atoms with Gasteiger partial charge in [-0.25, -0.2) is 0 Å². The summed E-state index contributed by atoms with van der Waals surface area (Å²) in [6.07, 6.45) is 2.65. The van der Waals surface area contributed by atoms with Gasteiger partial charge in [0.2, 0.25) is 0 Å². The molecule has 0 atom stereocenters. The van der Waals surface area contributed by atoms with E-state index in [2.05, 4.69) is 29.0 Å². The summed E-state index contributed by atoms with van der Waals surface area (Å²) in [5, 5.41) is 12.4. The van der Waals surface area contributed by atoms with Crippen LogP contribution in [0, 0.1) is 0 Å². The van der Waals surface area contributed by atoms with Gasteiger partial charge in [-0.1, -0.05) is 13.8 Å². The number of H-pyrrole nitrogens is 1. The van der Waals surface area contributed by atoms with Crippen LogP contribution >= 0.6 is 0 Å². The molecule has 23 heavy (non-hydrogen) atoms. The fraction of sp³-hybridized carbons (Fsp3) is 0.647. The third-order valence-corrected chi connectivity index (χ3v) is 4.53. The van der Waals surface area contributed by atoms with Gasteiger partial charge in [-0.15, -0.1) is 0 Å². The molecule has 0 unspecified atom stereocenters. The number of nitrogens with one attached hydrogen (secondary N) is 2. The minimum Gasteiger partial charge on any atom is -0.393 e. The monoisotopic (exact) mass is 321 g/mol. The molecule has 0 radical (unpaired) electrons. The van der Waals surface area contributed by atoms with Gasteiger partial charge < -0.3 is 15.4 Å². The molecule has 1 amide bonds. The van der Waals surface area contributed by atoms with Crippen molar-refractivity contribution in [1.82, 2.24) is 15.2 Å². The molecule has 1 saturated carbocycles. The zero-order chi connectivity index (χ0) is 16.8. The number of hydrogen-bond acceptors (Lipinski definition) is 4. The van der Waals surface area contributed by atoms with E-state index in [1.54, 1.807) is 12.1 Å². The Hall–Kier alpha value is -1.66. The molecule has 1 heterocycles. The number of hydrogen-bond donors (Lipinski definition) is 3. The van der Waals surface area contributed by atoms with Crippen molar-refractivity contribution in [2.45, 2.75) is 58.2 Å². The third-order valence-electron chi connectivity index (χ3n) is 4.53. The van der Waals surface area contributed by atoms with Crippen molar-refractivity contribution in [3.63, 3.8) is 0 Å². The minimum atomic E-state index is -0.344. The van der Waals surface area contributed by atoms with Crippen LogP contribution in [0.2, 0.25) is 0 Å². The van der Waals surface area contributed by atoms with E-state index < -0.39 is 0 Å². The summed E-state index contributed by atoms with van der Waals surface area (Å²) >= 11 is 0. The van der Waals surface area contributed by atoms with Crippen molar-refractivity contribution in [1.29, 1.82) is 0 Å². The van der Waals surface area contributed by atoms with Crippen LogP contribution in [-0.4, -0.2) is 46.1 Å². The maximum Gasteiger partial charge on any atom is 0.261 e. The standard InChI is InChI=1S/C17H27N3O3/c1-3-20(4-2)11-13-7-10-15(17(23)19-13)16(22)18-12-5-8-14(21)9-6-12/h7,10,12,14,21H,3-6,8-9,11H2,1-2H3,(H,18,22)(H,19,23). The first-order chi connectivity index (χ1) is 11.0. The van der Waals surface area contributed by atoms with E-state index in [-0.39, 0.29) is 29.2 Å². The number of pyridine rings is 1. The number of rotatable bonds is 6. The second-order valence-corrected chi connectivity index (χ2v) is 6.17. The molecule has 0 spiro atoms. The van der Waals surface area contributed by atoms with Gasteiger partial charge >= 0.3 is 0 Å². The fourth-order valence-electron chi connectivity index (χ4n) is 2.96. The predicted molar refractivity (Wildman–Crippen MR) is 89.4 cm³/mol. The van der Waals surface area contributed by atoms with Gasteiger partial charge in [-0.2, -0.15) is 0 Å². The number of aliphatic hydroxyl groups excluding tert-OH is 1. The number of amides is 1. The van der Waals surface area contributed by atoms with Crippen molar-refractivity contribution < 1.29 is 9.90 Å². The molecule has 1 aromatic heterocycles. The predicted octanol–water partition coefficient (Wildman–Crippen LogP) is 1.25. The lowest BCUT2D eigenvalue weighted by atomic mass is 9.93. The van der Waals surface area contributed by atoms with Gasteiger partial charge in [-0.05, 0) is 50.9 Å². The smallest absolute Gasteiger partial charge is 0.261 e. The number of carbonyl (C=O) groups excluding carboxylic acids is 1. The summed E-state index contributed by atoms with van der Waals surface area (Å²) < 4.78 is 0. The van der Waals surface area contributed by atoms with Crippen molar-refractivity contribution in [3.05, 3.63) is 33.7 Å². The highest BCUT2D eigenvalue weighted by Gasteiger charge is 2.22. The average molecular weight is 321 g/mol. The molecule has 1 aliphatic carbocycles. The number of aromatic nitrogens is 1. The van der Waals surface area contributed by atoms with E-state index in [4.69, 9.17) is 0 Å². The summed E-state index contributed by atoms with van der Waals surface area (Å²) in [5.74, 6) is -0.331. The van der Waals surface area contributed by atoms with Gasteiger partial charge in [-0.3, -0.25) is 14.5 Å². The first-order valence-corrected chi connectivity index (χ1v) is 8.47. The molecule has 0 bridgehead atoms. The number of aromatic amines is 1. The van der Waals surface area contributed by atoms with E-state index in [1.807, 2.05) is 0 Å². The topological polar surface area (TPSA) is 85.4 Å². The molecule has 1 aromatic rings. The average Bonchev–Trinajstić information content (AvgIpc) is 2.54. The lowest BCUT2D eigenvalue weighted by Crippen LogP contribution is -2.40. The molecule has 1 fully saturated rings. The molecule has 6 nitrogen and oxygen atoms in total. The fourth-order valence-corrected chi connectivity index (χ4v) is 2.96. The van der Waals surface area contributed by atoms with Crippen molar-refractivity contribution in [2.75, 3.05) is 13.1 Å². The lowest BCUT2D eigenvalue weighted by Gasteiger charge is -2.26. The van der Waals surface area contributed by atoms with Crippen LogP contribution in [0.4, 0.5) is 0 Å². The summed E-state index contributed by atoms with van der Waals surface area (Å²) in [5.41, 5.74) is 0.624. The largest absolute Gasteiger partial charge is 0.393 e. The van der Waals surface area contributed by atoms with Crippen LogP contribution in [0.3, 0.4) is 0 Å². The summed E-state index contributed by atoms with van der Waals surface area (Å²) in [6, 6.07) is 3.45. The first-order valence-electron chi connectivity index (χ1n) is 8.47. The van der Waals surface area contributed by atoms with Crippen LogP contribution in [0.15, 0.2) is 16.9 Å². The molecule has 0 aromatic carbocycles. The lowest BCUT2D eigenvalue weighted by molar-refractivity contribution is 0.0866. The van der Waals surface area contributed by atoms with Gasteiger partial charge in [0.1, 0.15) is 5.56 Å². The molecule has 3 N–H and O–H groups in total. The molecule has 0 saturated heterocycles. The Morgan fingerprint density at radius 1 is 1.26 bits per heavy atom. The molecule has 1 aliphatic rings. The maximum absolute atomic E-state index is 12.3. The highest BCUT2D eigenvalue weighted by Crippen LogP contribution is 2.18. The Kier molecular flexibility index (Phi) is 6.36. The summed E-state index contributed by atoms with van der Waals surface area (Å²) in [7, 11) is 0. The Balaban J connectivity index is 1.99.